The van der Waals surface area contributed by atoms with Gasteiger partial charge in [0.2, 0.25) is 0 Å². The van der Waals surface area contributed by atoms with Crippen molar-refractivity contribution in [3.63, 3.8) is 0 Å². The first-order valence-corrected chi connectivity index (χ1v) is 12.0. The van der Waals surface area contributed by atoms with Gasteiger partial charge in [0.25, 0.3) is 0 Å². The predicted molar refractivity (Wildman–Crippen MR) is 112 cm³/mol. The van der Waals surface area contributed by atoms with Gasteiger partial charge in [0.05, 0.1) is 6.61 Å². The molecule has 156 valence electrons. The van der Waals surface area contributed by atoms with Gasteiger partial charge in [-0.1, -0.05) is 96.8 Å². The van der Waals surface area contributed by atoms with Gasteiger partial charge in [0.1, 0.15) is 11.9 Å². The first kappa shape index (κ1) is 26.0. The molecule has 0 amide bonds. The molecule has 0 fully saturated rings. The molecule has 26 heavy (non-hydrogen) atoms. The number of unbranched alkanes of at least 4 members (excludes halogenated alkanes) is 14. The molecular formula is C21H43O4P. The number of rotatable bonds is 20. The second-order valence-corrected chi connectivity index (χ2v) is 8.90. The Hall–Kier alpha value is -0.0200. The van der Waals surface area contributed by atoms with E-state index in [-0.39, 0.29) is 14.1 Å². The van der Waals surface area contributed by atoms with Crippen LogP contribution in [-0.2, 0) is 4.79 Å². The molecule has 0 saturated heterocycles. The van der Waals surface area contributed by atoms with E-state index in [9.17, 15) is 15.0 Å². The molecule has 0 aliphatic carbocycles. The summed E-state index contributed by atoms with van der Waals surface area (Å²) in [6.45, 7) is 1.76. The average molecular weight is 391 g/mol. The zero-order valence-corrected chi connectivity index (χ0v) is 17.9. The molecule has 5 heteroatoms. The van der Waals surface area contributed by atoms with Crippen molar-refractivity contribution in [2.24, 2.45) is 0 Å². The van der Waals surface area contributed by atoms with Crippen LogP contribution in [-0.4, -0.2) is 39.4 Å². The minimum absolute atomic E-state index is 0.000283. The van der Waals surface area contributed by atoms with Crippen molar-refractivity contribution < 1.29 is 20.1 Å². The third kappa shape index (κ3) is 17.4. The maximum Gasteiger partial charge on any atom is 0.154 e. The van der Waals surface area contributed by atoms with Crippen LogP contribution in [0.25, 0.3) is 0 Å². The van der Waals surface area contributed by atoms with Crippen LogP contribution in [0.15, 0.2) is 0 Å². The Morgan fingerprint density at radius 2 is 1.12 bits per heavy atom. The summed E-state index contributed by atoms with van der Waals surface area (Å²) in [5.74, 6) is -1.11. The van der Waals surface area contributed by atoms with Crippen molar-refractivity contribution in [1.82, 2.24) is 0 Å². The van der Waals surface area contributed by atoms with Crippen molar-refractivity contribution >= 4 is 14.1 Å². The number of aliphatic hydroxyl groups excluding tert-OH is 3. The normalized spacial score (nSPS) is 14.2. The largest absolute Gasteiger partial charge is 0.394 e. The second-order valence-electron chi connectivity index (χ2n) is 7.46. The fraction of sp³-hybridized carbons (Fsp3) is 0.952. The molecule has 3 N–H and O–H groups in total. The molecule has 4 nitrogen and oxygen atoms in total. The monoisotopic (exact) mass is 390 g/mol. The van der Waals surface area contributed by atoms with Crippen LogP contribution in [0, 0.1) is 0 Å². The molecule has 3 unspecified atom stereocenters. The van der Waals surface area contributed by atoms with Crippen LogP contribution in [0.5, 0.6) is 0 Å². The highest BCUT2D eigenvalue weighted by molar-refractivity contribution is 7.58. The summed E-state index contributed by atoms with van der Waals surface area (Å²) in [6, 6.07) is 0. The van der Waals surface area contributed by atoms with Crippen molar-refractivity contribution in [3.05, 3.63) is 0 Å². The highest BCUT2D eigenvalue weighted by Crippen LogP contribution is 2.24. The first-order valence-electron chi connectivity index (χ1n) is 10.9. The van der Waals surface area contributed by atoms with Crippen molar-refractivity contribution in [2.45, 2.75) is 122 Å². The van der Waals surface area contributed by atoms with E-state index in [0.717, 1.165) is 12.8 Å². The van der Waals surface area contributed by atoms with Gasteiger partial charge in [-0.2, -0.15) is 0 Å². The average Bonchev–Trinajstić information content (AvgIpc) is 2.64. The third-order valence-electron chi connectivity index (χ3n) is 4.87. The molecule has 0 aromatic heterocycles. The van der Waals surface area contributed by atoms with Gasteiger partial charge in [-0.25, -0.2) is 0 Å². The zero-order valence-electron chi connectivity index (χ0n) is 16.9. The van der Waals surface area contributed by atoms with Crippen LogP contribution in [0.1, 0.15) is 110 Å². The minimum atomic E-state index is -1.20. The molecule has 0 heterocycles. The summed E-state index contributed by atoms with van der Waals surface area (Å²) in [7, 11) is -0.315. The highest BCUT2D eigenvalue weighted by atomic mass is 31.1. The Kier molecular flexibility index (Phi) is 19.7. The van der Waals surface area contributed by atoms with Gasteiger partial charge in [-0.05, 0) is 15.0 Å². The minimum Gasteiger partial charge on any atom is -0.394 e. The standard InChI is InChI=1S/C21H43O4P/c1-2-3-4-5-6-7-8-9-10-11-12-13-14-15-16-17-20(24)26-21(25)19(23)18-22/h19,21-23,25-26H,2-18H2,1H3. The Morgan fingerprint density at radius 3 is 1.50 bits per heavy atom. The molecule has 0 radical (unpaired) electrons. The smallest absolute Gasteiger partial charge is 0.154 e. The Bertz CT molecular complexity index is 312. The molecule has 0 bridgehead atoms. The zero-order chi connectivity index (χ0) is 19.5. The lowest BCUT2D eigenvalue weighted by Gasteiger charge is -2.14. The van der Waals surface area contributed by atoms with E-state index in [4.69, 9.17) is 5.11 Å². The number of hydrogen-bond donors (Lipinski definition) is 3. The van der Waals surface area contributed by atoms with Crippen molar-refractivity contribution in [2.75, 3.05) is 6.61 Å². The third-order valence-corrected chi connectivity index (χ3v) is 6.12. The quantitative estimate of drug-likeness (QED) is 0.199. The predicted octanol–water partition coefficient (Wildman–Crippen LogP) is 5.12. The van der Waals surface area contributed by atoms with Crippen LogP contribution in [0.4, 0.5) is 0 Å². The van der Waals surface area contributed by atoms with Gasteiger partial charge < -0.3 is 15.3 Å². The SMILES string of the molecule is CCCCCCCCCCCCCCCCCC(=O)PC(O)C(O)CO. The highest BCUT2D eigenvalue weighted by Gasteiger charge is 2.18. The van der Waals surface area contributed by atoms with Gasteiger partial charge in [0, 0.05) is 6.42 Å². The topological polar surface area (TPSA) is 77.8 Å². The van der Waals surface area contributed by atoms with E-state index in [1.165, 1.54) is 83.5 Å². The lowest BCUT2D eigenvalue weighted by molar-refractivity contribution is -0.111. The van der Waals surface area contributed by atoms with Crippen LogP contribution in [0.3, 0.4) is 0 Å². The maximum atomic E-state index is 11.7. The molecule has 0 aliphatic rings. The molecule has 0 aliphatic heterocycles. The summed E-state index contributed by atoms with van der Waals surface area (Å²) in [5.41, 5.74) is -0.000283. The second kappa shape index (κ2) is 19.7. The van der Waals surface area contributed by atoms with Gasteiger partial charge in [0.15, 0.2) is 5.52 Å². The molecule has 0 saturated carbocycles. The molecule has 0 rings (SSSR count). The molecule has 0 spiro atoms. The molecule has 3 atom stereocenters. The van der Waals surface area contributed by atoms with Crippen molar-refractivity contribution in [3.8, 4) is 0 Å². The van der Waals surface area contributed by atoms with Crippen LogP contribution in [0.2, 0.25) is 0 Å². The molecule has 0 aromatic carbocycles. The van der Waals surface area contributed by atoms with Crippen LogP contribution < -0.4 is 0 Å². The summed E-state index contributed by atoms with van der Waals surface area (Å²) in [6.07, 6.45) is 18.8. The fourth-order valence-corrected chi connectivity index (χ4v) is 4.04. The Balaban J connectivity index is 3.23. The van der Waals surface area contributed by atoms with E-state index in [1.54, 1.807) is 0 Å². The Labute approximate surface area is 162 Å². The Morgan fingerprint density at radius 1 is 0.731 bits per heavy atom. The van der Waals surface area contributed by atoms with Crippen LogP contribution >= 0.6 is 8.58 Å². The summed E-state index contributed by atoms with van der Waals surface area (Å²) in [4.78, 5) is 11.7. The maximum absolute atomic E-state index is 11.7. The first-order chi connectivity index (χ1) is 12.6. The molecular weight excluding hydrogens is 347 g/mol. The van der Waals surface area contributed by atoms with E-state index >= 15 is 0 Å². The van der Waals surface area contributed by atoms with E-state index < -0.39 is 18.6 Å². The number of carbonyl (C=O) groups excluding carboxylic acids is 1. The van der Waals surface area contributed by atoms with Crippen molar-refractivity contribution in [1.29, 1.82) is 0 Å². The number of carbonyl (C=O) groups is 1. The van der Waals surface area contributed by atoms with E-state index in [0.29, 0.717) is 6.42 Å². The molecule has 0 aromatic rings. The lowest BCUT2D eigenvalue weighted by Crippen LogP contribution is -2.26. The van der Waals surface area contributed by atoms with E-state index in [1.807, 2.05) is 0 Å². The number of hydrogen-bond acceptors (Lipinski definition) is 4. The van der Waals surface area contributed by atoms with Gasteiger partial charge in [-0.3, -0.25) is 4.79 Å². The summed E-state index contributed by atoms with van der Waals surface area (Å²) in [5, 5.41) is 27.4. The van der Waals surface area contributed by atoms with Gasteiger partial charge >= 0.3 is 0 Å². The van der Waals surface area contributed by atoms with Gasteiger partial charge in [-0.15, -0.1) is 0 Å². The number of aliphatic hydroxyl groups is 3. The summed E-state index contributed by atoms with van der Waals surface area (Å²) < 4.78 is 0. The fourth-order valence-electron chi connectivity index (χ4n) is 3.09. The van der Waals surface area contributed by atoms with E-state index in [2.05, 4.69) is 6.92 Å². The lowest BCUT2D eigenvalue weighted by atomic mass is 10.0. The summed E-state index contributed by atoms with van der Waals surface area (Å²) >= 11 is 0.